The minimum absolute atomic E-state index is 0.423. The van der Waals surface area contributed by atoms with Gasteiger partial charge in [0, 0.05) is 6.54 Å². The Morgan fingerprint density at radius 2 is 2.28 bits per heavy atom. The first-order valence-corrected chi connectivity index (χ1v) is 5.62. The molecule has 1 aromatic heterocycles. The lowest BCUT2D eigenvalue weighted by Gasteiger charge is -2.11. The van der Waals surface area contributed by atoms with Crippen LogP contribution in [0.2, 0.25) is 0 Å². The lowest BCUT2D eigenvalue weighted by atomic mass is 10.2. The van der Waals surface area contributed by atoms with E-state index in [0.29, 0.717) is 11.4 Å². The molecule has 0 fully saturated rings. The average molecular weight is 249 g/mol. The van der Waals surface area contributed by atoms with Crippen molar-refractivity contribution in [3.8, 4) is 5.75 Å². The summed E-state index contributed by atoms with van der Waals surface area (Å²) in [6.07, 6.45) is -1.12. The molecule has 0 unspecified atom stereocenters. The number of hydrogen-bond acceptors (Lipinski definition) is 3. The van der Waals surface area contributed by atoms with Gasteiger partial charge in [0.2, 0.25) is 0 Å². The minimum Gasteiger partial charge on any atom is -0.492 e. The molecule has 2 aromatic rings. The number of carbonyl (C=O) groups is 1. The van der Waals surface area contributed by atoms with Crippen molar-refractivity contribution in [3.05, 3.63) is 18.0 Å². The van der Waals surface area contributed by atoms with E-state index in [9.17, 15) is 4.79 Å². The molecule has 0 spiro atoms. The van der Waals surface area contributed by atoms with E-state index in [-0.39, 0.29) is 0 Å². The van der Waals surface area contributed by atoms with Crippen LogP contribution in [0.3, 0.4) is 0 Å². The molecule has 0 saturated carbocycles. The smallest absolute Gasteiger partial charge is 0.409 e. The van der Waals surface area contributed by atoms with E-state index in [0.717, 1.165) is 23.4 Å². The summed E-state index contributed by atoms with van der Waals surface area (Å²) in [7, 11) is 1.52. The Balaban J connectivity index is 2.72. The molecule has 6 nitrogen and oxygen atoms in total. The third-order valence-corrected chi connectivity index (χ3v) is 2.81. The monoisotopic (exact) mass is 249 g/mol. The molecule has 1 amide bonds. The molecule has 1 heterocycles. The molecule has 0 saturated heterocycles. The topological polar surface area (TPSA) is 76.4 Å². The third kappa shape index (κ3) is 1.85. The van der Waals surface area contributed by atoms with Crippen LogP contribution in [0.25, 0.3) is 11.0 Å². The van der Waals surface area contributed by atoms with Crippen LogP contribution in [-0.2, 0) is 6.54 Å². The number of fused-ring (bicyclic) bond motifs is 1. The van der Waals surface area contributed by atoms with Gasteiger partial charge in [-0.3, -0.25) is 5.32 Å². The number of nitrogens with one attached hydrogen (secondary N) is 1. The Kier molecular flexibility index (Phi) is 3.10. The summed E-state index contributed by atoms with van der Waals surface area (Å²) in [4.78, 5) is 15.2. The maximum absolute atomic E-state index is 10.7. The van der Waals surface area contributed by atoms with Crippen molar-refractivity contribution in [2.45, 2.75) is 20.4 Å². The second-order valence-corrected chi connectivity index (χ2v) is 3.85. The number of carboxylic acid groups (broad SMARTS) is 1. The first kappa shape index (κ1) is 12.2. The van der Waals surface area contributed by atoms with Gasteiger partial charge in [0.25, 0.3) is 0 Å². The average Bonchev–Trinajstić information content (AvgIpc) is 2.64. The number of ether oxygens (including phenoxy) is 1. The molecule has 0 radical (unpaired) electrons. The minimum atomic E-state index is -1.12. The highest BCUT2D eigenvalue weighted by Crippen LogP contribution is 2.34. The Hall–Kier alpha value is -2.24. The first-order valence-electron chi connectivity index (χ1n) is 5.62. The van der Waals surface area contributed by atoms with Crippen molar-refractivity contribution in [1.29, 1.82) is 0 Å². The molecule has 96 valence electrons. The zero-order valence-electron chi connectivity index (χ0n) is 10.5. The largest absolute Gasteiger partial charge is 0.492 e. The van der Waals surface area contributed by atoms with Crippen molar-refractivity contribution in [3.63, 3.8) is 0 Å². The van der Waals surface area contributed by atoms with Crippen molar-refractivity contribution >= 4 is 22.8 Å². The third-order valence-electron chi connectivity index (χ3n) is 2.81. The number of amides is 1. The number of hydrogen-bond donors (Lipinski definition) is 2. The van der Waals surface area contributed by atoms with Crippen LogP contribution >= 0.6 is 0 Å². The molecule has 0 aliphatic heterocycles. The summed E-state index contributed by atoms with van der Waals surface area (Å²) in [5.41, 5.74) is 2.03. The number of anilines is 1. The van der Waals surface area contributed by atoms with Crippen LogP contribution in [0, 0.1) is 6.92 Å². The van der Waals surface area contributed by atoms with Crippen molar-refractivity contribution in [2.24, 2.45) is 0 Å². The van der Waals surface area contributed by atoms with E-state index in [1.165, 1.54) is 7.11 Å². The lowest BCUT2D eigenvalue weighted by molar-refractivity contribution is 0.209. The van der Waals surface area contributed by atoms with Crippen molar-refractivity contribution in [2.75, 3.05) is 12.4 Å². The first-order chi connectivity index (χ1) is 8.58. The van der Waals surface area contributed by atoms with Gasteiger partial charge in [-0.1, -0.05) is 0 Å². The summed E-state index contributed by atoms with van der Waals surface area (Å²) < 4.78 is 7.32. The number of aromatic nitrogens is 2. The molecule has 18 heavy (non-hydrogen) atoms. The highest BCUT2D eigenvalue weighted by molar-refractivity contribution is 5.94. The van der Waals surface area contributed by atoms with Crippen LogP contribution in [-0.4, -0.2) is 27.9 Å². The summed E-state index contributed by atoms with van der Waals surface area (Å²) in [5, 5.41) is 11.1. The molecule has 1 aromatic carbocycles. The number of aryl methyl sites for hydroxylation is 2. The van der Waals surface area contributed by atoms with Crippen LogP contribution in [0.1, 0.15) is 12.7 Å². The summed E-state index contributed by atoms with van der Waals surface area (Å²) >= 11 is 0. The van der Waals surface area contributed by atoms with Crippen molar-refractivity contribution < 1.29 is 14.6 Å². The fourth-order valence-electron chi connectivity index (χ4n) is 2.12. The van der Waals surface area contributed by atoms with E-state index in [4.69, 9.17) is 9.84 Å². The van der Waals surface area contributed by atoms with Crippen LogP contribution < -0.4 is 10.1 Å². The van der Waals surface area contributed by atoms with Gasteiger partial charge < -0.3 is 14.4 Å². The van der Waals surface area contributed by atoms with E-state index < -0.39 is 6.09 Å². The Bertz CT molecular complexity index is 604. The van der Waals surface area contributed by atoms with Gasteiger partial charge in [-0.25, -0.2) is 9.78 Å². The lowest BCUT2D eigenvalue weighted by Crippen LogP contribution is -2.09. The van der Waals surface area contributed by atoms with Gasteiger partial charge in [0.05, 0.1) is 18.3 Å². The van der Waals surface area contributed by atoms with Crippen LogP contribution in [0.15, 0.2) is 12.1 Å². The molecule has 0 aliphatic rings. The molecule has 6 heteroatoms. The summed E-state index contributed by atoms with van der Waals surface area (Å²) in [6, 6.07) is 3.43. The van der Waals surface area contributed by atoms with Crippen LogP contribution in [0.5, 0.6) is 5.75 Å². The van der Waals surface area contributed by atoms with Gasteiger partial charge in [-0.2, -0.15) is 0 Å². The summed E-state index contributed by atoms with van der Waals surface area (Å²) in [5.74, 6) is 1.37. The molecular weight excluding hydrogens is 234 g/mol. The molecule has 0 atom stereocenters. The second kappa shape index (κ2) is 4.56. The molecular formula is C12H15N3O3. The molecule has 2 rings (SSSR count). The maximum atomic E-state index is 10.7. The predicted molar refractivity (Wildman–Crippen MR) is 68.3 cm³/mol. The maximum Gasteiger partial charge on any atom is 0.409 e. The van der Waals surface area contributed by atoms with Gasteiger partial charge in [-0.15, -0.1) is 0 Å². The standard InChI is InChI=1S/C12H15N3O3/c1-4-15-7(2)13-8-5-6-9(14-12(16)17)11(18-3)10(8)15/h5-6,14H,4H2,1-3H3,(H,16,17). The van der Waals surface area contributed by atoms with Gasteiger partial charge in [-0.05, 0) is 26.0 Å². The number of rotatable bonds is 3. The zero-order chi connectivity index (χ0) is 13.3. The van der Waals surface area contributed by atoms with Gasteiger partial charge >= 0.3 is 6.09 Å². The zero-order valence-corrected chi connectivity index (χ0v) is 10.5. The second-order valence-electron chi connectivity index (χ2n) is 3.85. The quantitative estimate of drug-likeness (QED) is 0.876. The predicted octanol–water partition coefficient (Wildman–Crippen LogP) is 2.46. The number of benzene rings is 1. The molecule has 0 aliphatic carbocycles. The SMILES string of the molecule is CCn1c(C)nc2ccc(NC(=O)O)c(OC)c21. The number of nitrogens with zero attached hydrogens (tertiary/aromatic N) is 2. The molecule has 0 bridgehead atoms. The highest BCUT2D eigenvalue weighted by Gasteiger charge is 2.16. The Labute approximate surface area is 104 Å². The normalized spacial score (nSPS) is 10.6. The van der Waals surface area contributed by atoms with Crippen LogP contribution in [0.4, 0.5) is 10.5 Å². The van der Waals surface area contributed by atoms with Gasteiger partial charge in [0.1, 0.15) is 11.3 Å². The van der Waals surface area contributed by atoms with Gasteiger partial charge in [0.15, 0.2) is 5.75 Å². The fourth-order valence-corrected chi connectivity index (χ4v) is 2.12. The Morgan fingerprint density at radius 3 is 2.83 bits per heavy atom. The number of methoxy groups -OCH3 is 1. The summed E-state index contributed by atoms with van der Waals surface area (Å²) in [6.45, 7) is 4.66. The van der Waals surface area contributed by atoms with Crippen molar-refractivity contribution in [1.82, 2.24) is 9.55 Å². The van der Waals surface area contributed by atoms with E-state index in [1.807, 2.05) is 18.4 Å². The van der Waals surface area contributed by atoms with E-state index in [2.05, 4.69) is 10.3 Å². The van der Waals surface area contributed by atoms with E-state index >= 15 is 0 Å². The number of imidazole rings is 1. The highest BCUT2D eigenvalue weighted by atomic mass is 16.5. The van der Waals surface area contributed by atoms with E-state index in [1.54, 1.807) is 12.1 Å². The fraction of sp³-hybridized carbons (Fsp3) is 0.333. The Morgan fingerprint density at radius 1 is 1.56 bits per heavy atom. The molecule has 2 N–H and O–H groups in total.